The summed E-state index contributed by atoms with van der Waals surface area (Å²) >= 11 is 6.20. The first-order valence-electron chi connectivity index (χ1n) is 10.9. The van der Waals surface area contributed by atoms with Crippen LogP contribution in [0.25, 0.3) is 22.1 Å². The Labute approximate surface area is 205 Å². The van der Waals surface area contributed by atoms with Crippen molar-refractivity contribution in [1.29, 1.82) is 0 Å². The van der Waals surface area contributed by atoms with E-state index in [1.165, 1.54) is 37.4 Å². The third kappa shape index (κ3) is 5.16. The normalized spacial score (nSPS) is 17.3. The number of likely N-dealkylation sites (N-methyl/N-ethyl adjacent to an activating group) is 1. The van der Waals surface area contributed by atoms with E-state index >= 15 is 0 Å². The van der Waals surface area contributed by atoms with Crippen molar-refractivity contribution in [2.75, 3.05) is 33.8 Å². The van der Waals surface area contributed by atoms with Crippen LogP contribution in [0, 0.1) is 5.82 Å². The molecule has 1 amide bonds. The lowest BCUT2D eigenvalue weighted by Crippen LogP contribution is -2.58. The zero-order valence-electron chi connectivity index (χ0n) is 19.4. The molecule has 2 aromatic carbocycles. The molecule has 1 aromatic heterocycles. The molecule has 35 heavy (non-hydrogen) atoms. The number of ether oxygens (including phenoxy) is 2. The lowest BCUT2D eigenvalue weighted by atomic mass is 10.0. The molecule has 2 atom stereocenters. The van der Waals surface area contributed by atoms with Gasteiger partial charge in [0.15, 0.2) is 6.10 Å². The molecule has 4 rings (SSSR count). The van der Waals surface area contributed by atoms with Crippen molar-refractivity contribution in [3.05, 3.63) is 63.7 Å². The highest BCUT2D eigenvalue weighted by Gasteiger charge is 2.34. The Balaban J connectivity index is 1.56. The highest BCUT2D eigenvalue weighted by Crippen LogP contribution is 2.34. The van der Waals surface area contributed by atoms with E-state index in [1.807, 2.05) is 4.90 Å². The van der Waals surface area contributed by atoms with E-state index in [2.05, 4.69) is 0 Å². The van der Waals surface area contributed by atoms with Crippen LogP contribution in [0.3, 0.4) is 0 Å². The molecule has 1 fully saturated rings. The second-order valence-electron chi connectivity index (χ2n) is 8.33. The summed E-state index contributed by atoms with van der Waals surface area (Å²) in [7, 11) is 3.12. The molecule has 184 valence electrons. The Morgan fingerprint density at radius 1 is 1.14 bits per heavy atom. The molecular weight excluding hydrogens is 479 g/mol. The summed E-state index contributed by atoms with van der Waals surface area (Å²) < 4.78 is 29.5. The molecule has 0 bridgehead atoms. The number of carbonyl (C=O) groups is 2. The van der Waals surface area contributed by atoms with Crippen LogP contribution >= 0.6 is 11.6 Å². The van der Waals surface area contributed by atoms with Crippen molar-refractivity contribution in [1.82, 2.24) is 9.80 Å². The lowest BCUT2D eigenvalue weighted by Gasteiger charge is -2.38. The number of amides is 1. The largest absolute Gasteiger partial charge is 0.481 e. The quantitative estimate of drug-likeness (QED) is 0.390. The molecule has 1 aliphatic heterocycles. The molecule has 1 aliphatic rings. The highest BCUT2D eigenvalue weighted by atomic mass is 35.5. The molecule has 1 unspecified atom stereocenters. The number of fused-ring (bicyclic) bond motifs is 1. The number of halogens is 2. The first kappa shape index (κ1) is 24.7. The van der Waals surface area contributed by atoms with Crippen LogP contribution in [-0.2, 0) is 14.3 Å². The first-order chi connectivity index (χ1) is 16.7. The average Bonchev–Trinajstić information content (AvgIpc) is 2.82. The van der Waals surface area contributed by atoms with Gasteiger partial charge in [0.25, 0.3) is 5.91 Å². The number of hydrogen-bond donors (Lipinski definition) is 0. The SMILES string of the molecule is COC(=O)C1CN(C(=O)[C@@H](C)Oc2ccc3c(-c4ccc(F)cc4Cl)cc(=O)oc3c2)CCN1C. The van der Waals surface area contributed by atoms with E-state index in [-0.39, 0.29) is 23.1 Å². The third-order valence-electron chi connectivity index (χ3n) is 6.03. The topological polar surface area (TPSA) is 89.3 Å². The van der Waals surface area contributed by atoms with Gasteiger partial charge in [-0.3, -0.25) is 14.5 Å². The minimum atomic E-state index is -0.851. The molecule has 0 aliphatic carbocycles. The van der Waals surface area contributed by atoms with Crippen molar-refractivity contribution >= 4 is 34.4 Å². The van der Waals surface area contributed by atoms with Crippen LogP contribution in [-0.4, -0.2) is 67.6 Å². The lowest BCUT2D eigenvalue weighted by molar-refractivity contribution is -0.152. The van der Waals surface area contributed by atoms with Crippen molar-refractivity contribution in [2.45, 2.75) is 19.1 Å². The van der Waals surface area contributed by atoms with Crippen LogP contribution in [0.15, 0.2) is 51.7 Å². The summed E-state index contributed by atoms with van der Waals surface area (Å²) in [6.45, 7) is 2.78. The standard InChI is InChI=1S/C25H24ClFN2O6/c1-14(24(31)29-9-8-28(2)21(13-29)25(32)33-3)34-16-5-7-18-19(12-23(30)35-22(18)11-16)17-6-4-15(27)10-20(17)26/h4-7,10-12,14,21H,8-9,13H2,1-3H3/t14-,21?/m1/s1. The second kappa shape index (κ2) is 10.1. The van der Waals surface area contributed by atoms with Crippen LogP contribution < -0.4 is 10.4 Å². The summed E-state index contributed by atoms with van der Waals surface area (Å²) in [6.07, 6.45) is -0.851. The Morgan fingerprint density at radius 3 is 2.63 bits per heavy atom. The fourth-order valence-electron chi connectivity index (χ4n) is 4.12. The van der Waals surface area contributed by atoms with Gasteiger partial charge in [0, 0.05) is 48.3 Å². The summed E-state index contributed by atoms with van der Waals surface area (Å²) in [6, 6.07) is 9.52. The molecule has 3 aromatic rings. The molecule has 10 heteroatoms. The number of carbonyl (C=O) groups excluding carboxylic acids is 2. The van der Waals surface area contributed by atoms with Gasteiger partial charge >= 0.3 is 11.6 Å². The highest BCUT2D eigenvalue weighted by molar-refractivity contribution is 6.33. The zero-order valence-corrected chi connectivity index (χ0v) is 20.2. The van der Waals surface area contributed by atoms with Crippen LogP contribution in [0.1, 0.15) is 6.92 Å². The summed E-state index contributed by atoms with van der Waals surface area (Å²) in [4.78, 5) is 40.7. The van der Waals surface area contributed by atoms with Gasteiger partial charge < -0.3 is 18.8 Å². The van der Waals surface area contributed by atoms with Crippen molar-refractivity contribution < 1.29 is 27.9 Å². The van der Waals surface area contributed by atoms with Crippen molar-refractivity contribution in [2.24, 2.45) is 0 Å². The minimum Gasteiger partial charge on any atom is -0.481 e. The van der Waals surface area contributed by atoms with E-state index in [0.29, 0.717) is 35.4 Å². The van der Waals surface area contributed by atoms with E-state index in [9.17, 15) is 18.8 Å². The van der Waals surface area contributed by atoms with E-state index in [4.69, 9.17) is 25.5 Å². The number of methoxy groups -OCH3 is 1. The predicted octanol–water partition coefficient (Wildman–Crippen LogP) is 3.34. The Bertz CT molecular complexity index is 1340. The summed E-state index contributed by atoms with van der Waals surface area (Å²) in [5.41, 5.74) is 0.595. The van der Waals surface area contributed by atoms with Gasteiger partial charge in [-0.2, -0.15) is 0 Å². The molecule has 2 heterocycles. The average molecular weight is 503 g/mol. The van der Waals surface area contributed by atoms with E-state index in [0.717, 1.165) is 0 Å². The van der Waals surface area contributed by atoms with Crippen molar-refractivity contribution in [3.63, 3.8) is 0 Å². The van der Waals surface area contributed by atoms with Crippen LogP contribution in [0.2, 0.25) is 5.02 Å². The van der Waals surface area contributed by atoms with E-state index in [1.54, 1.807) is 31.0 Å². The van der Waals surface area contributed by atoms with Gasteiger partial charge in [-0.05, 0) is 44.3 Å². The molecule has 1 saturated heterocycles. The molecule has 8 nitrogen and oxygen atoms in total. The number of rotatable bonds is 5. The number of piperazine rings is 1. The van der Waals surface area contributed by atoms with Gasteiger partial charge in [0.1, 0.15) is 23.2 Å². The van der Waals surface area contributed by atoms with Gasteiger partial charge in [-0.25, -0.2) is 9.18 Å². The maximum atomic E-state index is 13.5. The maximum absolute atomic E-state index is 13.5. The molecule has 0 saturated carbocycles. The summed E-state index contributed by atoms with van der Waals surface area (Å²) in [5, 5.41) is 0.735. The van der Waals surface area contributed by atoms with Gasteiger partial charge in [-0.15, -0.1) is 0 Å². The molecular formula is C25H24ClFN2O6. The maximum Gasteiger partial charge on any atom is 0.336 e. The minimum absolute atomic E-state index is 0.161. The van der Waals surface area contributed by atoms with Crippen LogP contribution in [0.5, 0.6) is 5.75 Å². The number of benzene rings is 2. The van der Waals surface area contributed by atoms with Gasteiger partial charge in [-0.1, -0.05) is 11.6 Å². The Morgan fingerprint density at radius 2 is 1.91 bits per heavy atom. The monoisotopic (exact) mass is 502 g/mol. The Hall–Kier alpha value is -3.43. The Kier molecular flexibility index (Phi) is 7.09. The predicted molar refractivity (Wildman–Crippen MR) is 128 cm³/mol. The van der Waals surface area contributed by atoms with E-state index < -0.39 is 29.6 Å². The third-order valence-corrected chi connectivity index (χ3v) is 6.34. The molecule has 0 N–H and O–H groups in total. The number of hydrogen-bond acceptors (Lipinski definition) is 7. The van der Waals surface area contributed by atoms with Crippen LogP contribution in [0.4, 0.5) is 4.39 Å². The van der Waals surface area contributed by atoms with Crippen molar-refractivity contribution in [3.8, 4) is 16.9 Å². The number of esters is 1. The zero-order chi connectivity index (χ0) is 25.3. The smallest absolute Gasteiger partial charge is 0.336 e. The second-order valence-corrected chi connectivity index (χ2v) is 8.73. The van der Waals surface area contributed by atoms with Gasteiger partial charge in [0.05, 0.1) is 12.1 Å². The fourth-order valence-corrected chi connectivity index (χ4v) is 4.39. The fraction of sp³-hybridized carbons (Fsp3) is 0.320. The number of nitrogens with zero attached hydrogens (tertiary/aromatic N) is 2. The molecule has 0 radical (unpaired) electrons. The molecule has 0 spiro atoms. The van der Waals surface area contributed by atoms with Gasteiger partial charge in [0.2, 0.25) is 0 Å². The first-order valence-corrected chi connectivity index (χ1v) is 11.3. The summed E-state index contributed by atoms with van der Waals surface area (Å²) in [5.74, 6) is -0.846.